The highest BCUT2D eigenvalue weighted by atomic mass is 35.5. The highest BCUT2D eigenvalue weighted by molar-refractivity contribution is 6.33. The van der Waals surface area contributed by atoms with E-state index in [1.54, 1.807) is 19.2 Å². The number of amides is 1. The molecule has 5 heteroatoms. The molecule has 0 spiro atoms. The number of carbonyl (C=O) groups excluding carboxylic acids is 1. The molecule has 17 heavy (non-hydrogen) atoms. The SMILES string of the molecule is COCC(C)CNc1ccc(Cl)c(C(N)=O)c1. The van der Waals surface area contributed by atoms with Gasteiger partial charge in [0.15, 0.2) is 0 Å². The van der Waals surface area contributed by atoms with E-state index in [9.17, 15) is 4.79 Å². The Morgan fingerprint density at radius 2 is 2.29 bits per heavy atom. The molecular formula is C12H17ClN2O2. The molecule has 0 aliphatic carbocycles. The van der Waals surface area contributed by atoms with Crippen molar-refractivity contribution in [2.45, 2.75) is 6.92 Å². The van der Waals surface area contributed by atoms with Crippen LogP contribution in [0.15, 0.2) is 18.2 Å². The van der Waals surface area contributed by atoms with Gasteiger partial charge in [-0.1, -0.05) is 18.5 Å². The van der Waals surface area contributed by atoms with E-state index in [0.29, 0.717) is 23.1 Å². The largest absolute Gasteiger partial charge is 0.385 e. The standard InChI is InChI=1S/C12H17ClN2O2/c1-8(7-17-2)6-15-9-3-4-11(13)10(5-9)12(14)16/h3-5,8,15H,6-7H2,1-2H3,(H2,14,16). The Morgan fingerprint density at radius 3 is 2.88 bits per heavy atom. The van der Waals surface area contributed by atoms with E-state index in [4.69, 9.17) is 22.1 Å². The van der Waals surface area contributed by atoms with Crippen LogP contribution in [0.2, 0.25) is 5.02 Å². The van der Waals surface area contributed by atoms with Crippen molar-refractivity contribution in [2.75, 3.05) is 25.6 Å². The topological polar surface area (TPSA) is 64.3 Å². The molecule has 1 amide bonds. The second kappa shape index (κ2) is 6.47. The fourth-order valence-corrected chi connectivity index (χ4v) is 1.67. The summed E-state index contributed by atoms with van der Waals surface area (Å²) in [6, 6.07) is 5.13. The van der Waals surface area contributed by atoms with Crippen LogP contribution in [-0.4, -0.2) is 26.2 Å². The molecule has 1 unspecified atom stereocenters. The summed E-state index contributed by atoms with van der Waals surface area (Å²) in [5.74, 6) is -0.142. The Kier molecular flexibility index (Phi) is 5.25. The van der Waals surface area contributed by atoms with E-state index in [-0.39, 0.29) is 0 Å². The van der Waals surface area contributed by atoms with Gasteiger partial charge < -0.3 is 15.8 Å². The summed E-state index contributed by atoms with van der Waals surface area (Å²) in [5.41, 5.74) is 6.37. The number of hydrogen-bond donors (Lipinski definition) is 2. The minimum Gasteiger partial charge on any atom is -0.385 e. The van der Waals surface area contributed by atoms with Gasteiger partial charge in [0, 0.05) is 19.3 Å². The zero-order chi connectivity index (χ0) is 12.8. The smallest absolute Gasteiger partial charge is 0.250 e. The minimum absolute atomic E-state index is 0.330. The van der Waals surface area contributed by atoms with Crippen molar-refractivity contribution >= 4 is 23.2 Å². The van der Waals surface area contributed by atoms with Crippen LogP contribution >= 0.6 is 11.6 Å². The molecular weight excluding hydrogens is 240 g/mol. The van der Waals surface area contributed by atoms with Crippen molar-refractivity contribution < 1.29 is 9.53 Å². The van der Waals surface area contributed by atoms with Gasteiger partial charge in [0.25, 0.3) is 0 Å². The van der Waals surface area contributed by atoms with Crippen LogP contribution in [0.5, 0.6) is 0 Å². The summed E-state index contributed by atoms with van der Waals surface area (Å²) >= 11 is 5.86. The van der Waals surface area contributed by atoms with Gasteiger partial charge in [-0.15, -0.1) is 0 Å². The molecule has 0 aliphatic rings. The van der Waals surface area contributed by atoms with Crippen molar-refractivity contribution in [3.8, 4) is 0 Å². The summed E-state index contributed by atoms with van der Waals surface area (Å²) in [7, 11) is 1.67. The Morgan fingerprint density at radius 1 is 1.59 bits per heavy atom. The van der Waals surface area contributed by atoms with Gasteiger partial charge in [-0.2, -0.15) is 0 Å². The highest BCUT2D eigenvalue weighted by Crippen LogP contribution is 2.20. The van der Waals surface area contributed by atoms with Gasteiger partial charge in [-0.25, -0.2) is 0 Å². The van der Waals surface area contributed by atoms with E-state index < -0.39 is 5.91 Å². The van der Waals surface area contributed by atoms with E-state index >= 15 is 0 Å². The lowest BCUT2D eigenvalue weighted by Gasteiger charge is -2.13. The number of halogens is 1. The van der Waals surface area contributed by atoms with Gasteiger partial charge in [0.2, 0.25) is 5.91 Å². The molecule has 0 saturated heterocycles. The van der Waals surface area contributed by atoms with Crippen LogP contribution < -0.4 is 11.1 Å². The number of benzene rings is 1. The molecule has 0 bridgehead atoms. The third-order valence-corrected chi connectivity index (χ3v) is 2.67. The van der Waals surface area contributed by atoms with Crippen molar-refractivity contribution in [2.24, 2.45) is 11.7 Å². The number of carbonyl (C=O) groups is 1. The molecule has 1 aromatic rings. The fraction of sp³-hybridized carbons (Fsp3) is 0.417. The average Bonchev–Trinajstić information content (AvgIpc) is 2.28. The molecule has 0 fully saturated rings. The van der Waals surface area contributed by atoms with E-state index in [0.717, 1.165) is 12.2 Å². The van der Waals surface area contributed by atoms with Crippen LogP contribution in [0.3, 0.4) is 0 Å². The monoisotopic (exact) mass is 256 g/mol. The van der Waals surface area contributed by atoms with Crippen molar-refractivity contribution in [1.29, 1.82) is 0 Å². The molecule has 0 aliphatic heterocycles. The van der Waals surface area contributed by atoms with Gasteiger partial charge in [0.1, 0.15) is 0 Å². The summed E-state index contributed by atoms with van der Waals surface area (Å²) in [6.45, 7) is 3.51. The third kappa shape index (κ3) is 4.24. The number of primary amides is 1. The Bertz CT molecular complexity index is 396. The van der Waals surface area contributed by atoms with Gasteiger partial charge in [0.05, 0.1) is 17.2 Å². The van der Waals surface area contributed by atoms with Crippen LogP contribution in [0, 0.1) is 5.92 Å². The highest BCUT2D eigenvalue weighted by Gasteiger charge is 2.08. The zero-order valence-electron chi connectivity index (χ0n) is 10.00. The molecule has 0 saturated carbocycles. The normalized spacial score (nSPS) is 12.2. The summed E-state index contributed by atoms with van der Waals surface area (Å²) < 4.78 is 5.04. The second-order valence-electron chi connectivity index (χ2n) is 4.00. The predicted octanol–water partition coefficient (Wildman–Crippen LogP) is 2.13. The van der Waals surface area contributed by atoms with Crippen LogP contribution in [0.25, 0.3) is 0 Å². The van der Waals surface area contributed by atoms with Crippen LogP contribution in [0.1, 0.15) is 17.3 Å². The zero-order valence-corrected chi connectivity index (χ0v) is 10.8. The second-order valence-corrected chi connectivity index (χ2v) is 4.41. The maximum absolute atomic E-state index is 11.1. The fourth-order valence-electron chi connectivity index (χ4n) is 1.46. The molecule has 4 nitrogen and oxygen atoms in total. The summed E-state index contributed by atoms with van der Waals surface area (Å²) in [5, 5.41) is 3.57. The van der Waals surface area contributed by atoms with Crippen molar-refractivity contribution in [1.82, 2.24) is 0 Å². The molecule has 1 rings (SSSR count). The van der Waals surface area contributed by atoms with Crippen LogP contribution in [-0.2, 0) is 4.74 Å². The van der Waals surface area contributed by atoms with E-state index in [2.05, 4.69) is 12.2 Å². The van der Waals surface area contributed by atoms with Gasteiger partial charge in [-0.05, 0) is 24.1 Å². The number of hydrogen-bond acceptors (Lipinski definition) is 3. The lowest BCUT2D eigenvalue weighted by Crippen LogP contribution is -2.16. The first kappa shape index (κ1) is 13.8. The lowest BCUT2D eigenvalue weighted by atomic mass is 10.1. The lowest BCUT2D eigenvalue weighted by molar-refractivity contribution is 0.100. The number of ether oxygens (including phenoxy) is 1. The molecule has 3 N–H and O–H groups in total. The van der Waals surface area contributed by atoms with Gasteiger partial charge >= 0.3 is 0 Å². The molecule has 1 aromatic carbocycles. The average molecular weight is 257 g/mol. The van der Waals surface area contributed by atoms with Crippen molar-refractivity contribution in [3.05, 3.63) is 28.8 Å². The molecule has 0 heterocycles. The first-order valence-electron chi connectivity index (χ1n) is 5.36. The first-order valence-corrected chi connectivity index (χ1v) is 5.74. The Balaban J connectivity index is 2.66. The van der Waals surface area contributed by atoms with E-state index in [1.165, 1.54) is 0 Å². The number of rotatable bonds is 6. The number of nitrogens with two attached hydrogens (primary N) is 1. The third-order valence-electron chi connectivity index (χ3n) is 2.34. The van der Waals surface area contributed by atoms with Crippen LogP contribution in [0.4, 0.5) is 5.69 Å². The quantitative estimate of drug-likeness (QED) is 0.820. The maximum Gasteiger partial charge on any atom is 0.250 e. The molecule has 1 atom stereocenters. The predicted molar refractivity (Wildman–Crippen MR) is 69.5 cm³/mol. The molecule has 94 valence electrons. The Labute approximate surface area is 106 Å². The number of anilines is 1. The number of methoxy groups -OCH3 is 1. The maximum atomic E-state index is 11.1. The first-order chi connectivity index (χ1) is 8.04. The number of nitrogens with one attached hydrogen (secondary N) is 1. The van der Waals surface area contributed by atoms with Gasteiger partial charge in [-0.3, -0.25) is 4.79 Å². The summed E-state index contributed by atoms with van der Waals surface area (Å²) in [6.07, 6.45) is 0. The van der Waals surface area contributed by atoms with E-state index in [1.807, 2.05) is 6.07 Å². The van der Waals surface area contributed by atoms with Crippen molar-refractivity contribution in [3.63, 3.8) is 0 Å². The molecule has 0 radical (unpaired) electrons. The minimum atomic E-state index is -0.524. The molecule has 0 aromatic heterocycles. The summed E-state index contributed by atoms with van der Waals surface area (Å²) in [4.78, 5) is 11.1. The Hall–Kier alpha value is -1.26.